The summed E-state index contributed by atoms with van der Waals surface area (Å²) in [6, 6.07) is 17.5. The second kappa shape index (κ2) is 6.43. The summed E-state index contributed by atoms with van der Waals surface area (Å²) in [6.45, 7) is 1.46. The number of carbonyl (C=O) groups is 2. The van der Waals surface area contributed by atoms with E-state index in [0.29, 0.717) is 25.2 Å². The summed E-state index contributed by atoms with van der Waals surface area (Å²) in [5, 5.41) is 3.86. The number of fused-ring (bicyclic) bond motifs is 1. The van der Waals surface area contributed by atoms with Gasteiger partial charge < -0.3 is 15.2 Å². The average Bonchev–Trinajstić information content (AvgIpc) is 3.03. The van der Waals surface area contributed by atoms with E-state index in [-0.39, 0.29) is 17.7 Å². The summed E-state index contributed by atoms with van der Waals surface area (Å²) in [7, 11) is 0. The molecule has 0 spiro atoms. The van der Waals surface area contributed by atoms with Gasteiger partial charge in [0.1, 0.15) is 0 Å². The molecule has 3 aromatic rings. The second-order valence-electron chi connectivity index (χ2n) is 6.36. The molecule has 5 heteroatoms. The molecule has 0 radical (unpaired) electrons. The van der Waals surface area contributed by atoms with Crippen molar-refractivity contribution in [3.05, 3.63) is 71.9 Å². The minimum atomic E-state index is -0.127. The summed E-state index contributed by atoms with van der Waals surface area (Å²) in [6.07, 6.45) is 1.75. The van der Waals surface area contributed by atoms with Gasteiger partial charge in [0.2, 0.25) is 5.91 Å². The Labute approximate surface area is 145 Å². The molecule has 0 saturated carbocycles. The minimum Gasteiger partial charge on any atom is -0.360 e. The fourth-order valence-corrected chi connectivity index (χ4v) is 3.16. The van der Waals surface area contributed by atoms with Gasteiger partial charge in [0.05, 0.1) is 11.5 Å². The zero-order valence-electron chi connectivity index (χ0n) is 13.7. The molecule has 2 N–H and O–H groups in total. The maximum atomic E-state index is 12.6. The Morgan fingerprint density at radius 1 is 1.04 bits per heavy atom. The van der Waals surface area contributed by atoms with E-state index < -0.39 is 0 Å². The monoisotopic (exact) mass is 333 g/mol. The zero-order valence-corrected chi connectivity index (χ0v) is 13.7. The first-order chi connectivity index (χ1) is 12.2. The molecule has 5 nitrogen and oxygen atoms in total. The summed E-state index contributed by atoms with van der Waals surface area (Å²) in [5.74, 6) is -0.144. The van der Waals surface area contributed by atoms with Crippen molar-refractivity contribution in [1.29, 1.82) is 0 Å². The first-order valence-corrected chi connectivity index (χ1v) is 8.39. The van der Waals surface area contributed by atoms with E-state index in [9.17, 15) is 9.59 Å². The maximum absolute atomic E-state index is 12.6. The molecule has 2 aromatic carbocycles. The number of benzene rings is 2. The van der Waals surface area contributed by atoms with Crippen LogP contribution in [0.1, 0.15) is 15.9 Å². The number of para-hydroxylation sites is 1. The fraction of sp³-hybridized carbons (Fsp3) is 0.200. The number of H-pyrrole nitrogens is 1. The lowest BCUT2D eigenvalue weighted by Gasteiger charge is -2.38. The third kappa shape index (κ3) is 3.01. The van der Waals surface area contributed by atoms with E-state index in [1.54, 1.807) is 11.1 Å². The van der Waals surface area contributed by atoms with Gasteiger partial charge in [0.15, 0.2) is 0 Å². The number of likely N-dealkylation sites (tertiary alicyclic amines) is 1. The Kier molecular flexibility index (Phi) is 3.98. The predicted molar refractivity (Wildman–Crippen MR) is 96.0 cm³/mol. The normalized spacial score (nSPS) is 14.3. The fourth-order valence-electron chi connectivity index (χ4n) is 3.16. The van der Waals surface area contributed by atoms with Gasteiger partial charge in [-0.05, 0) is 11.6 Å². The molecule has 0 bridgehead atoms. The summed E-state index contributed by atoms with van der Waals surface area (Å²) >= 11 is 0. The van der Waals surface area contributed by atoms with Crippen molar-refractivity contribution in [1.82, 2.24) is 15.2 Å². The van der Waals surface area contributed by atoms with E-state index in [4.69, 9.17) is 0 Å². The third-order valence-corrected chi connectivity index (χ3v) is 4.67. The molecule has 1 aliphatic heterocycles. The number of hydrogen-bond acceptors (Lipinski definition) is 2. The Morgan fingerprint density at radius 3 is 2.56 bits per heavy atom. The van der Waals surface area contributed by atoms with Gasteiger partial charge >= 0.3 is 0 Å². The van der Waals surface area contributed by atoms with Crippen LogP contribution in [0.4, 0.5) is 0 Å². The van der Waals surface area contributed by atoms with Gasteiger partial charge in [0.25, 0.3) is 5.91 Å². The molecule has 1 aliphatic rings. The van der Waals surface area contributed by atoms with Crippen LogP contribution in [0, 0.1) is 5.92 Å². The zero-order chi connectivity index (χ0) is 17.2. The van der Waals surface area contributed by atoms with Crippen molar-refractivity contribution in [2.75, 3.05) is 13.1 Å². The van der Waals surface area contributed by atoms with Gasteiger partial charge in [-0.1, -0.05) is 48.5 Å². The van der Waals surface area contributed by atoms with Crippen molar-refractivity contribution in [3.63, 3.8) is 0 Å². The molecule has 1 fully saturated rings. The lowest BCUT2D eigenvalue weighted by molar-refractivity contribution is -0.129. The number of rotatable bonds is 4. The Bertz CT molecular complexity index is 911. The van der Waals surface area contributed by atoms with Crippen molar-refractivity contribution in [3.8, 4) is 0 Å². The highest BCUT2D eigenvalue weighted by Gasteiger charge is 2.36. The molecule has 1 aromatic heterocycles. The number of nitrogens with one attached hydrogen (secondary N) is 2. The summed E-state index contributed by atoms with van der Waals surface area (Å²) in [5.41, 5.74) is 2.68. The van der Waals surface area contributed by atoms with Gasteiger partial charge in [-0.25, -0.2) is 0 Å². The van der Waals surface area contributed by atoms with Crippen molar-refractivity contribution in [2.45, 2.75) is 6.54 Å². The standard InChI is InChI=1S/C20H19N3O2/c24-19(22-10-14-6-2-1-3-7-14)15-12-23(13-15)20(25)17-11-21-18-9-5-4-8-16(17)18/h1-9,11,15,21H,10,12-13H2,(H,22,24). The maximum Gasteiger partial charge on any atom is 0.256 e. The molecule has 0 unspecified atom stereocenters. The number of carbonyl (C=O) groups excluding carboxylic acids is 2. The number of amides is 2. The van der Waals surface area contributed by atoms with Crippen LogP contribution in [0.5, 0.6) is 0 Å². The molecule has 4 rings (SSSR count). The lowest BCUT2D eigenvalue weighted by atomic mass is 9.97. The molecule has 2 amide bonds. The molecule has 0 aliphatic carbocycles. The van der Waals surface area contributed by atoms with Crippen molar-refractivity contribution in [2.24, 2.45) is 5.92 Å². The SMILES string of the molecule is O=C(NCc1ccccc1)C1CN(C(=O)c2c[nH]c3ccccc23)C1. The number of aromatic amines is 1. The molecule has 1 saturated heterocycles. The third-order valence-electron chi connectivity index (χ3n) is 4.67. The van der Waals surface area contributed by atoms with E-state index >= 15 is 0 Å². The first-order valence-electron chi connectivity index (χ1n) is 8.39. The van der Waals surface area contributed by atoms with Crippen LogP contribution in [0.15, 0.2) is 60.8 Å². The molecule has 25 heavy (non-hydrogen) atoms. The lowest BCUT2D eigenvalue weighted by Crippen LogP contribution is -2.55. The molecule has 0 atom stereocenters. The summed E-state index contributed by atoms with van der Waals surface area (Å²) < 4.78 is 0. The Morgan fingerprint density at radius 2 is 1.76 bits per heavy atom. The minimum absolute atomic E-state index is 0.00632. The second-order valence-corrected chi connectivity index (χ2v) is 6.36. The number of aromatic nitrogens is 1. The van der Waals surface area contributed by atoms with Crippen LogP contribution in [0.2, 0.25) is 0 Å². The van der Waals surface area contributed by atoms with Crippen molar-refractivity contribution >= 4 is 22.7 Å². The van der Waals surface area contributed by atoms with Crippen molar-refractivity contribution < 1.29 is 9.59 Å². The average molecular weight is 333 g/mol. The highest BCUT2D eigenvalue weighted by molar-refractivity contribution is 6.07. The van der Waals surface area contributed by atoms with Crippen LogP contribution < -0.4 is 5.32 Å². The highest BCUT2D eigenvalue weighted by atomic mass is 16.2. The molecular weight excluding hydrogens is 314 g/mol. The van der Waals surface area contributed by atoms with Gasteiger partial charge in [0, 0.05) is 36.7 Å². The van der Waals surface area contributed by atoms with Gasteiger partial charge in [-0.2, -0.15) is 0 Å². The van der Waals surface area contributed by atoms with E-state index in [0.717, 1.165) is 16.5 Å². The van der Waals surface area contributed by atoms with E-state index in [1.165, 1.54) is 0 Å². The number of hydrogen-bond donors (Lipinski definition) is 2. The van der Waals surface area contributed by atoms with Crippen LogP contribution >= 0.6 is 0 Å². The van der Waals surface area contributed by atoms with Crippen LogP contribution in [-0.4, -0.2) is 34.8 Å². The molecule has 2 heterocycles. The van der Waals surface area contributed by atoms with Gasteiger partial charge in [-0.3, -0.25) is 9.59 Å². The first kappa shape index (κ1) is 15.4. The predicted octanol–water partition coefficient (Wildman–Crippen LogP) is 2.56. The largest absolute Gasteiger partial charge is 0.360 e. The quantitative estimate of drug-likeness (QED) is 0.771. The molecule has 126 valence electrons. The van der Waals surface area contributed by atoms with Crippen LogP contribution in [0.3, 0.4) is 0 Å². The molecular formula is C20H19N3O2. The Hall–Kier alpha value is -3.08. The van der Waals surface area contributed by atoms with Gasteiger partial charge in [-0.15, -0.1) is 0 Å². The topological polar surface area (TPSA) is 65.2 Å². The van der Waals surface area contributed by atoms with E-state index in [1.807, 2.05) is 54.6 Å². The van der Waals surface area contributed by atoms with Crippen LogP contribution in [-0.2, 0) is 11.3 Å². The smallest absolute Gasteiger partial charge is 0.256 e. The van der Waals surface area contributed by atoms with E-state index in [2.05, 4.69) is 10.3 Å². The number of nitrogens with zero attached hydrogens (tertiary/aromatic N) is 1. The van der Waals surface area contributed by atoms with Crippen LogP contribution in [0.25, 0.3) is 10.9 Å². The Balaban J connectivity index is 1.34. The highest BCUT2D eigenvalue weighted by Crippen LogP contribution is 2.24. The summed E-state index contributed by atoms with van der Waals surface area (Å²) in [4.78, 5) is 29.7.